The molecule has 0 fully saturated rings. The Morgan fingerprint density at radius 2 is 1.83 bits per heavy atom. The Kier molecular flexibility index (Phi) is 4.96. The molecule has 0 heterocycles. The average Bonchev–Trinajstić information content (AvgIpc) is 2.55. The summed E-state index contributed by atoms with van der Waals surface area (Å²) in [5, 5.41) is 24.8. The topological polar surface area (TPSA) is 108 Å². The van der Waals surface area contributed by atoms with Gasteiger partial charge in [-0.05, 0) is 42.5 Å². The number of para-hydroxylation sites is 1. The molecule has 0 radical (unpaired) electrons. The molecule has 0 aromatic heterocycles. The number of nitro benzene ring substituents is 1. The summed E-state index contributed by atoms with van der Waals surface area (Å²) >= 11 is 5.00. The van der Waals surface area contributed by atoms with Crippen LogP contribution in [-0.2, 0) is 0 Å². The lowest BCUT2D eigenvalue weighted by Crippen LogP contribution is -2.34. The molecular formula is C15H10N4O3S. The Hall–Kier alpha value is -3.31. The molecule has 1 amide bonds. The molecule has 0 aliphatic heterocycles. The van der Waals surface area contributed by atoms with Crippen molar-refractivity contribution >= 4 is 34.6 Å². The van der Waals surface area contributed by atoms with Crippen molar-refractivity contribution in [1.29, 1.82) is 5.26 Å². The van der Waals surface area contributed by atoms with Crippen LogP contribution in [-0.4, -0.2) is 15.9 Å². The molecule has 2 N–H and O–H groups in total. The van der Waals surface area contributed by atoms with Crippen molar-refractivity contribution in [3.8, 4) is 6.07 Å². The van der Waals surface area contributed by atoms with E-state index in [1.807, 2.05) is 6.07 Å². The van der Waals surface area contributed by atoms with Crippen LogP contribution >= 0.6 is 12.2 Å². The van der Waals surface area contributed by atoms with Crippen LogP contribution in [0.4, 0.5) is 11.4 Å². The van der Waals surface area contributed by atoms with Gasteiger partial charge in [-0.1, -0.05) is 12.1 Å². The molecule has 8 heteroatoms. The van der Waals surface area contributed by atoms with E-state index in [1.165, 1.54) is 24.3 Å². The van der Waals surface area contributed by atoms with Crippen molar-refractivity contribution in [2.75, 3.05) is 5.32 Å². The van der Waals surface area contributed by atoms with Crippen LogP contribution in [0, 0.1) is 21.4 Å². The molecule has 23 heavy (non-hydrogen) atoms. The largest absolute Gasteiger partial charge is 0.332 e. The number of hydrogen-bond donors (Lipinski definition) is 2. The van der Waals surface area contributed by atoms with Gasteiger partial charge in [0.25, 0.3) is 11.6 Å². The van der Waals surface area contributed by atoms with Gasteiger partial charge in [0, 0.05) is 11.8 Å². The SMILES string of the molecule is N#Cc1ccc(NC(=S)NC(=O)c2ccccc2[N+](=O)[O-])cc1. The molecule has 0 aliphatic carbocycles. The standard InChI is InChI=1S/C15H10N4O3S/c16-9-10-5-7-11(8-6-10)17-15(23)18-14(20)12-3-1-2-4-13(12)19(21)22/h1-8H,(H2,17,18,20,23). The minimum absolute atomic E-state index is 0.00198. The van der Waals surface area contributed by atoms with Gasteiger partial charge in [-0.15, -0.1) is 0 Å². The minimum Gasteiger partial charge on any atom is -0.332 e. The summed E-state index contributed by atoms with van der Waals surface area (Å²) < 4.78 is 0. The van der Waals surface area contributed by atoms with Gasteiger partial charge < -0.3 is 5.32 Å². The minimum atomic E-state index is -0.677. The predicted octanol–water partition coefficient (Wildman–Crippen LogP) is 2.59. The van der Waals surface area contributed by atoms with E-state index in [-0.39, 0.29) is 16.4 Å². The fraction of sp³-hybridized carbons (Fsp3) is 0. The van der Waals surface area contributed by atoms with E-state index in [0.717, 1.165) is 0 Å². The van der Waals surface area contributed by atoms with Crippen LogP contribution in [0.3, 0.4) is 0 Å². The number of anilines is 1. The van der Waals surface area contributed by atoms with Crippen LogP contribution in [0.1, 0.15) is 15.9 Å². The number of nitro groups is 1. The number of benzene rings is 2. The van der Waals surface area contributed by atoms with Crippen LogP contribution in [0.15, 0.2) is 48.5 Å². The molecule has 0 saturated carbocycles. The Morgan fingerprint density at radius 3 is 2.43 bits per heavy atom. The first-order valence-electron chi connectivity index (χ1n) is 6.37. The first-order valence-corrected chi connectivity index (χ1v) is 6.78. The number of thiocarbonyl (C=S) groups is 1. The zero-order valence-electron chi connectivity index (χ0n) is 11.6. The normalized spacial score (nSPS) is 9.52. The summed E-state index contributed by atoms with van der Waals surface area (Å²) in [6, 6.07) is 14.0. The first kappa shape index (κ1) is 16.1. The smallest absolute Gasteiger partial charge is 0.282 e. The second kappa shape index (κ2) is 7.11. The Bertz CT molecular complexity index is 812. The lowest BCUT2D eigenvalue weighted by Gasteiger charge is -2.09. The second-order valence-electron chi connectivity index (χ2n) is 4.37. The van der Waals surface area contributed by atoms with Gasteiger partial charge in [-0.2, -0.15) is 5.26 Å². The molecule has 7 nitrogen and oxygen atoms in total. The Morgan fingerprint density at radius 1 is 1.17 bits per heavy atom. The molecule has 2 aromatic rings. The average molecular weight is 326 g/mol. The van der Waals surface area contributed by atoms with Crippen LogP contribution in [0.2, 0.25) is 0 Å². The van der Waals surface area contributed by atoms with E-state index < -0.39 is 10.8 Å². The van der Waals surface area contributed by atoms with Crippen molar-refractivity contribution in [1.82, 2.24) is 5.32 Å². The number of nitriles is 1. The molecule has 2 aromatic carbocycles. The van der Waals surface area contributed by atoms with Crippen molar-refractivity contribution in [3.63, 3.8) is 0 Å². The lowest BCUT2D eigenvalue weighted by molar-refractivity contribution is -0.385. The molecule has 0 unspecified atom stereocenters. The highest BCUT2D eigenvalue weighted by Crippen LogP contribution is 2.17. The maximum Gasteiger partial charge on any atom is 0.282 e. The number of nitrogens with one attached hydrogen (secondary N) is 2. The van der Waals surface area contributed by atoms with E-state index in [1.54, 1.807) is 24.3 Å². The van der Waals surface area contributed by atoms with Crippen LogP contribution in [0.5, 0.6) is 0 Å². The van der Waals surface area contributed by atoms with Crippen molar-refractivity contribution in [2.45, 2.75) is 0 Å². The first-order chi connectivity index (χ1) is 11.0. The van der Waals surface area contributed by atoms with Crippen LogP contribution < -0.4 is 10.6 Å². The maximum absolute atomic E-state index is 12.1. The highest BCUT2D eigenvalue weighted by atomic mass is 32.1. The third-order valence-electron chi connectivity index (χ3n) is 2.84. The number of nitrogens with zero attached hydrogens (tertiary/aromatic N) is 2. The fourth-order valence-electron chi connectivity index (χ4n) is 1.79. The number of hydrogen-bond acceptors (Lipinski definition) is 5. The van der Waals surface area contributed by atoms with Gasteiger partial charge in [0.05, 0.1) is 16.6 Å². The second-order valence-corrected chi connectivity index (χ2v) is 4.78. The molecule has 0 spiro atoms. The van der Waals surface area contributed by atoms with Crippen molar-refractivity contribution < 1.29 is 9.72 Å². The summed E-state index contributed by atoms with van der Waals surface area (Å²) in [5.74, 6) is -0.677. The van der Waals surface area contributed by atoms with E-state index in [9.17, 15) is 14.9 Å². The quantitative estimate of drug-likeness (QED) is 0.510. The van der Waals surface area contributed by atoms with Crippen molar-refractivity contribution in [3.05, 3.63) is 69.8 Å². The zero-order valence-corrected chi connectivity index (χ0v) is 12.5. The Labute approximate surface area is 136 Å². The van der Waals surface area contributed by atoms with Gasteiger partial charge in [0.15, 0.2) is 5.11 Å². The van der Waals surface area contributed by atoms with E-state index in [2.05, 4.69) is 10.6 Å². The molecule has 2 rings (SSSR count). The van der Waals surface area contributed by atoms with Gasteiger partial charge >= 0.3 is 0 Å². The monoisotopic (exact) mass is 326 g/mol. The summed E-state index contributed by atoms with van der Waals surface area (Å²) in [6.07, 6.45) is 0. The number of amides is 1. The summed E-state index contributed by atoms with van der Waals surface area (Å²) in [5.41, 5.74) is 0.690. The lowest BCUT2D eigenvalue weighted by atomic mass is 10.1. The van der Waals surface area contributed by atoms with Gasteiger partial charge in [-0.25, -0.2) is 0 Å². The maximum atomic E-state index is 12.1. The molecule has 0 saturated heterocycles. The fourth-order valence-corrected chi connectivity index (χ4v) is 2.00. The highest BCUT2D eigenvalue weighted by Gasteiger charge is 2.19. The van der Waals surface area contributed by atoms with E-state index in [0.29, 0.717) is 11.3 Å². The summed E-state index contributed by atoms with van der Waals surface area (Å²) in [6.45, 7) is 0. The highest BCUT2D eigenvalue weighted by molar-refractivity contribution is 7.80. The third kappa shape index (κ3) is 4.09. The molecule has 0 atom stereocenters. The number of carbonyl (C=O) groups excluding carboxylic acids is 1. The third-order valence-corrected chi connectivity index (χ3v) is 3.05. The number of carbonyl (C=O) groups is 1. The molecule has 0 bridgehead atoms. The van der Waals surface area contributed by atoms with Crippen molar-refractivity contribution in [2.24, 2.45) is 0 Å². The predicted molar refractivity (Wildman–Crippen MR) is 87.9 cm³/mol. The summed E-state index contributed by atoms with van der Waals surface area (Å²) in [7, 11) is 0. The van der Waals surface area contributed by atoms with E-state index in [4.69, 9.17) is 17.5 Å². The summed E-state index contributed by atoms with van der Waals surface area (Å²) in [4.78, 5) is 22.4. The Balaban J connectivity index is 2.07. The van der Waals surface area contributed by atoms with Gasteiger partial charge in [-0.3, -0.25) is 20.2 Å². The van der Waals surface area contributed by atoms with Gasteiger partial charge in [0.1, 0.15) is 5.56 Å². The zero-order chi connectivity index (χ0) is 16.8. The molecule has 114 valence electrons. The molecular weight excluding hydrogens is 316 g/mol. The van der Waals surface area contributed by atoms with E-state index >= 15 is 0 Å². The van der Waals surface area contributed by atoms with Crippen LogP contribution in [0.25, 0.3) is 0 Å². The number of rotatable bonds is 3. The van der Waals surface area contributed by atoms with Gasteiger partial charge in [0.2, 0.25) is 0 Å². The molecule has 0 aliphatic rings.